The summed E-state index contributed by atoms with van der Waals surface area (Å²) in [6.07, 6.45) is 1.61. The maximum atomic E-state index is 12.5. The summed E-state index contributed by atoms with van der Waals surface area (Å²) in [6.45, 7) is 1.85. The molecule has 0 radical (unpaired) electrons. The maximum Gasteiger partial charge on any atom is 0.326 e. The minimum absolute atomic E-state index is 0.191. The summed E-state index contributed by atoms with van der Waals surface area (Å²) in [5, 5.41) is -0.494. The van der Waals surface area contributed by atoms with Gasteiger partial charge in [-0.3, -0.25) is 19.3 Å². The lowest BCUT2D eigenvalue weighted by molar-refractivity contribution is -0.145. The first kappa shape index (κ1) is 19.7. The molecule has 3 rings (SSSR count). The fourth-order valence-electron chi connectivity index (χ4n) is 2.58. The molecule has 0 spiro atoms. The average Bonchev–Trinajstić information content (AvgIpc) is 2.96. The van der Waals surface area contributed by atoms with Gasteiger partial charge in [0.15, 0.2) is 0 Å². The molecule has 0 saturated carbocycles. The molecule has 0 aromatic heterocycles. The molecule has 144 valence electrons. The highest BCUT2D eigenvalue weighted by molar-refractivity contribution is 8.18. The molecule has 1 saturated heterocycles. The zero-order chi connectivity index (χ0) is 19.9. The third kappa shape index (κ3) is 4.80. The van der Waals surface area contributed by atoms with Gasteiger partial charge in [-0.2, -0.15) is 0 Å². The number of ether oxygens (including phenoxy) is 2. The van der Waals surface area contributed by atoms with Crippen LogP contribution in [0.3, 0.4) is 0 Å². The molecule has 0 unspecified atom stereocenters. The highest BCUT2D eigenvalue weighted by Gasteiger charge is 2.36. The highest BCUT2D eigenvalue weighted by Crippen LogP contribution is 2.34. The number of thioether (sulfide) groups is 1. The smallest absolute Gasteiger partial charge is 0.326 e. The molecule has 7 heteroatoms. The predicted octanol–water partition coefficient (Wildman–Crippen LogP) is 3.87. The number of carbonyl (C=O) groups excluding carboxylic acids is 3. The monoisotopic (exact) mass is 397 g/mol. The first-order valence-electron chi connectivity index (χ1n) is 8.75. The van der Waals surface area contributed by atoms with Gasteiger partial charge in [-0.1, -0.05) is 48.5 Å². The number of rotatable bonds is 7. The Morgan fingerprint density at radius 3 is 2.54 bits per heavy atom. The number of hydrogen-bond acceptors (Lipinski definition) is 6. The fraction of sp³-hybridized carbons (Fsp3) is 0.190. The van der Waals surface area contributed by atoms with Crippen LogP contribution in [0.5, 0.6) is 5.75 Å². The first-order valence-corrected chi connectivity index (χ1v) is 9.57. The largest absolute Gasteiger partial charge is 0.488 e. The van der Waals surface area contributed by atoms with E-state index >= 15 is 0 Å². The second-order valence-corrected chi connectivity index (χ2v) is 6.88. The Balaban J connectivity index is 1.75. The van der Waals surface area contributed by atoms with Crippen molar-refractivity contribution in [2.45, 2.75) is 13.5 Å². The van der Waals surface area contributed by atoms with Gasteiger partial charge in [0.1, 0.15) is 18.9 Å². The normalized spacial score (nSPS) is 15.2. The van der Waals surface area contributed by atoms with Gasteiger partial charge in [-0.15, -0.1) is 0 Å². The summed E-state index contributed by atoms with van der Waals surface area (Å²) >= 11 is 0.795. The third-order valence-corrected chi connectivity index (χ3v) is 4.82. The number of carbonyl (C=O) groups is 3. The van der Waals surface area contributed by atoms with Crippen molar-refractivity contribution in [3.05, 3.63) is 70.6 Å². The van der Waals surface area contributed by atoms with Gasteiger partial charge in [-0.05, 0) is 36.4 Å². The Morgan fingerprint density at radius 2 is 1.79 bits per heavy atom. The summed E-state index contributed by atoms with van der Waals surface area (Å²) in [6, 6.07) is 17.0. The zero-order valence-electron chi connectivity index (χ0n) is 15.3. The minimum atomic E-state index is -0.613. The minimum Gasteiger partial charge on any atom is -0.488 e. The van der Waals surface area contributed by atoms with Crippen LogP contribution in [0.25, 0.3) is 6.08 Å². The van der Waals surface area contributed by atoms with Crippen LogP contribution in [0.4, 0.5) is 4.79 Å². The molecule has 0 N–H and O–H groups in total. The van der Waals surface area contributed by atoms with E-state index in [-0.39, 0.29) is 18.1 Å². The first-order chi connectivity index (χ1) is 13.6. The summed E-state index contributed by atoms with van der Waals surface area (Å²) in [5.74, 6) is -0.526. The second kappa shape index (κ2) is 9.23. The van der Waals surface area contributed by atoms with E-state index in [1.165, 1.54) is 0 Å². The number of imide groups is 1. The van der Waals surface area contributed by atoms with Gasteiger partial charge >= 0.3 is 5.97 Å². The van der Waals surface area contributed by atoms with Crippen LogP contribution < -0.4 is 4.74 Å². The molecule has 0 aliphatic carbocycles. The van der Waals surface area contributed by atoms with E-state index in [0.717, 1.165) is 22.2 Å². The van der Waals surface area contributed by atoms with Gasteiger partial charge in [-0.25, -0.2) is 0 Å². The van der Waals surface area contributed by atoms with Crippen LogP contribution in [0, 0.1) is 0 Å². The summed E-state index contributed by atoms with van der Waals surface area (Å²) < 4.78 is 10.7. The summed E-state index contributed by atoms with van der Waals surface area (Å²) in [5.41, 5.74) is 1.70. The zero-order valence-corrected chi connectivity index (χ0v) is 16.1. The number of hydrogen-bond donors (Lipinski definition) is 0. The number of benzene rings is 2. The standard InChI is InChI=1S/C21H19NO5S/c1-2-26-19(23)13-22-20(24)18(28-21(22)25)12-16-10-6-7-11-17(16)27-14-15-8-4-3-5-9-15/h3-12H,2,13-14H2,1H3/b18-12-. The topological polar surface area (TPSA) is 72.9 Å². The molecule has 0 bridgehead atoms. The van der Waals surface area contributed by atoms with E-state index in [4.69, 9.17) is 9.47 Å². The van der Waals surface area contributed by atoms with Crippen molar-refractivity contribution in [1.29, 1.82) is 0 Å². The molecule has 1 heterocycles. The van der Waals surface area contributed by atoms with Crippen LogP contribution >= 0.6 is 11.8 Å². The van der Waals surface area contributed by atoms with Crippen LogP contribution in [-0.4, -0.2) is 35.2 Å². The van der Waals surface area contributed by atoms with E-state index in [1.807, 2.05) is 42.5 Å². The molecule has 28 heavy (non-hydrogen) atoms. The molecule has 2 amide bonds. The van der Waals surface area contributed by atoms with Crippen LogP contribution in [0.15, 0.2) is 59.5 Å². The van der Waals surface area contributed by atoms with Crippen molar-refractivity contribution in [3.8, 4) is 5.75 Å². The van der Waals surface area contributed by atoms with Gasteiger partial charge in [0.25, 0.3) is 11.1 Å². The van der Waals surface area contributed by atoms with Crippen molar-refractivity contribution in [2.24, 2.45) is 0 Å². The molecule has 1 fully saturated rings. The SMILES string of the molecule is CCOC(=O)CN1C(=O)S/C(=C\c2ccccc2OCc2ccccc2)C1=O. The quantitative estimate of drug-likeness (QED) is 0.522. The summed E-state index contributed by atoms with van der Waals surface area (Å²) in [7, 11) is 0. The van der Waals surface area contributed by atoms with Crippen molar-refractivity contribution >= 4 is 35.0 Å². The van der Waals surface area contributed by atoms with Gasteiger partial charge in [0.05, 0.1) is 11.5 Å². The van der Waals surface area contributed by atoms with Crippen LogP contribution in [0.1, 0.15) is 18.1 Å². The Kier molecular flexibility index (Phi) is 6.49. The maximum absolute atomic E-state index is 12.5. The third-order valence-electron chi connectivity index (χ3n) is 3.91. The van der Waals surface area contributed by atoms with Crippen molar-refractivity contribution in [2.75, 3.05) is 13.2 Å². The number of para-hydroxylation sites is 1. The van der Waals surface area contributed by atoms with Crippen LogP contribution in [-0.2, 0) is 20.9 Å². The number of nitrogens with zero attached hydrogens (tertiary/aromatic N) is 1. The van der Waals surface area contributed by atoms with E-state index in [1.54, 1.807) is 25.1 Å². The Bertz CT molecular complexity index is 910. The molecule has 2 aromatic rings. The molecular formula is C21H19NO5S. The molecule has 2 aromatic carbocycles. The van der Waals surface area contributed by atoms with E-state index in [2.05, 4.69) is 0 Å². The van der Waals surface area contributed by atoms with Crippen molar-refractivity contribution in [3.63, 3.8) is 0 Å². The average molecular weight is 397 g/mol. The molecule has 6 nitrogen and oxygen atoms in total. The van der Waals surface area contributed by atoms with E-state index in [0.29, 0.717) is 17.9 Å². The Hall–Kier alpha value is -3.06. The molecular weight excluding hydrogens is 378 g/mol. The number of esters is 1. The lowest BCUT2D eigenvalue weighted by Gasteiger charge is -2.11. The Labute approximate surface area is 167 Å². The molecule has 0 atom stereocenters. The molecule has 1 aliphatic heterocycles. The second-order valence-electron chi connectivity index (χ2n) is 5.88. The fourth-order valence-corrected chi connectivity index (χ4v) is 3.41. The van der Waals surface area contributed by atoms with E-state index in [9.17, 15) is 14.4 Å². The Morgan fingerprint density at radius 1 is 1.07 bits per heavy atom. The van der Waals surface area contributed by atoms with Gasteiger partial charge in [0, 0.05) is 5.56 Å². The molecule has 1 aliphatic rings. The lowest BCUT2D eigenvalue weighted by atomic mass is 10.1. The number of amides is 2. The summed E-state index contributed by atoms with van der Waals surface area (Å²) in [4.78, 5) is 37.4. The lowest BCUT2D eigenvalue weighted by Crippen LogP contribution is -2.34. The van der Waals surface area contributed by atoms with Gasteiger partial charge in [0.2, 0.25) is 0 Å². The van der Waals surface area contributed by atoms with Gasteiger partial charge < -0.3 is 9.47 Å². The predicted molar refractivity (Wildman–Crippen MR) is 107 cm³/mol. The highest BCUT2D eigenvalue weighted by atomic mass is 32.2. The van der Waals surface area contributed by atoms with Crippen molar-refractivity contribution in [1.82, 2.24) is 4.90 Å². The van der Waals surface area contributed by atoms with Crippen molar-refractivity contribution < 1.29 is 23.9 Å². The van der Waals surface area contributed by atoms with Crippen LogP contribution in [0.2, 0.25) is 0 Å². The van der Waals surface area contributed by atoms with E-state index < -0.39 is 17.1 Å².